The number of furan rings is 1. The third kappa shape index (κ3) is 4.53. The summed E-state index contributed by atoms with van der Waals surface area (Å²) in [5.74, 6) is 0.689. The van der Waals surface area contributed by atoms with Gasteiger partial charge in [-0.2, -0.15) is 0 Å². The van der Waals surface area contributed by atoms with E-state index in [1.54, 1.807) is 6.26 Å². The van der Waals surface area contributed by atoms with Crippen LogP contribution >= 0.6 is 12.2 Å². The van der Waals surface area contributed by atoms with Crippen molar-refractivity contribution >= 4 is 17.3 Å². The van der Waals surface area contributed by atoms with Gasteiger partial charge in [0.15, 0.2) is 5.11 Å². The Hall–Kier alpha value is -1.92. The number of nitrogens with zero attached hydrogens (tertiary/aromatic N) is 2. The Morgan fingerprint density at radius 3 is 2.52 bits per heavy atom. The SMILES string of the molecule is Fc1ccc(CN2CCN(C(=S)NCc3ccco3)CC2)cc1. The van der Waals surface area contributed by atoms with E-state index in [1.807, 2.05) is 24.3 Å². The van der Waals surface area contributed by atoms with E-state index in [4.69, 9.17) is 16.6 Å². The smallest absolute Gasteiger partial charge is 0.169 e. The molecule has 0 spiro atoms. The molecule has 0 unspecified atom stereocenters. The highest BCUT2D eigenvalue weighted by Crippen LogP contribution is 2.10. The molecule has 23 heavy (non-hydrogen) atoms. The molecule has 122 valence electrons. The van der Waals surface area contributed by atoms with Crippen molar-refractivity contribution in [3.8, 4) is 0 Å². The molecule has 1 aromatic heterocycles. The number of hydrogen-bond donors (Lipinski definition) is 1. The lowest BCUT2D eigenvalue weighted by Crippen LogP contribution is -2.51. The molecule has 2 heterocycles. The second kappa shape index (κ2) is 7.57. The lowest BCUT2D eigenvalue weighted by Gasteiger charge is -2.36. The predicted octanol–water partition coefficient (Wildman–Crippen LogP) is 2.61. The Labute approximate surface area is 140 Å². The van der Waals surface area contributed by atoms with Gasteiger partial charge in [-0.3, -0.25) is 4.90 Å². The molecular weight excluding hydrogens is 313 g/mol. The number of piperazine rings is 1. The highest BCUT2D eigenvalue weighted by molar-refractivity contribution is 7.80. The van der Waals surface area contributed by atoms with Gasteiger partial charge < -0.3 is 14.6 Å². The number of benzene rings is 1. The van der Waals surface area contributed by atoms with E-state index < -0.39 is 0 Å². The molecule has 1 N–H and O–H groups in total. The van der Waals surface area contributed by atoms with E-state index in [0.29, 0.717) is 6.54 Å². The Balaban J connectivity index is 1.42. The van der Waals surface area contributed by atoms with Crippen LogP contribution in [0.2, 0.25) is 0 Å². The normalized spacial score (nSPS) is 15.6. The Kier molecular flexibility index (Phi) is 5.25. The maximum Gasteiger partial charge on any atom is 0.169 e. The van der Waals surface area contributed by atoms with Crippen LogP contribution in [0.1, 0.15) is 11.3 Å². The van der Waals surface area contributed by atoms with E-state index >= 15 is 0 Å². The van der Waals surface area contributed by atoms with Gasteiger partial charge in [-0.15, -0.1) is 0 Å². The molecule has 1 saturated heterocycles. The quantitative estimate of drug-likeness (QED) is 0.870. The van der Waals surface area contributed by atoms with Gasteiger partial charge in [0.1, 0.15) is 11.6 Å². The summed E-state index contributed by atoms with van der Waals surface area (Å²) >= 11 is 5.44. The molecule has 1 aliphatic heterocycles. The van der Waals surface area contributed by atoms with Gasteiger partial charge in [-0.1, -0.05) is 12.1 Å². The van der Waals surface area contributed by atoms with Gasteiger partial charge in [0.05, 0.1) is 12.8 Å². The summed E-state index contributed by atoms with van der Waals surface area (Å²) in [5.41, 5.74) is 1.14. The minimum absolute atomic E-state index is 0.188. The molecule has 2 aromatic rings. The zero-order valence-electron chi connectivity index (χ0n) is 12.9. The van der Waals surface area contributed by atoms with Gasteiger partial charge in [-0.05, 0) is 42.0 Å². The molecule has 1 fully saturated rings. The molecule has 4 nitrogen and oxygen atoms in total. The third-order valence-corrected chi connectivity index (χ3v) is 4.38. The zero-order chi connectivity index (χ0) is 16.1. The second-order valence-corrected chi connectivity index (χ2v) is 6.01. The highest BCUT2D eigenvalue weighted by atomic mass is 32.1. The monoisotopic (exact) mass is 333 g/mol. The van der Waals surface area contributed by atoms with Gasteiger partial charge in [0.25, 0.3) is 0 Å². The average molecular weight is 333 g/mol. The standard InChI is InChI=1S/C17H20FN3OS/c18-15-5-3-14(4-6-15)13-20-7-9-21(10-8-20)17(23)19-12-16-2-1-11-22-16/h1-6,11H,7-10,12-13H2,(H,19,23). The topological polar surface area (TPSA) is 31.6 Å². The van der Waals surface area contributed by atoms with Crippen molar-refractivity contribution in [2.45, 2.75) is 13.1 Å². The number of halogens is 1. The zero-order valence-corrected chi connectivity index (χ0v) is 13.7. The van der Waals surface area contributed by atoms with E-state index in [9.17, 15) is 4.39 Å². The summed E-state index contributed by atoms with van der Waals surface area (Å²) in [6.07, 6.45) is 1.66. The lowest BCUT2D eigenvalue weighted by molar-refractivity contribution is 0.174. The van der Waals surface area contributed by atoms with Crippen molar-refractivity contribution in [3.05, 3.63) is 59.8 Å². The fraction of sp³-hybridized carbons (Fsp3) is 0.353. The van der Waals surface area contributed by atoms with Gasteiger partial charge in [-0.25, -0.2) is 4.39 Å². The maximum atomic E-state index is 12.9. The minimum Gasteiger partial charge on any atom is -0.467 e. The summed E-state index contributed by atoms with van der Waals surface area (Å²) < 4.78 is 18.2. The van der Waals surface area contributed by atoms with Crippen LogP contribution in [0.15, 0.2) is 47.1 Å². The van der Waals surface area contributed by atoms with Gasteiger partial charge >= 0.3 is 0 Å². The van der Waals surface area contributed by atoms with Crippen molar-refractivity contribution in [2.75, 3.05) is 26.2 Å². The predicted molar refractivity (Wildman–Crippen MR) is 91.4 cm³/mol. The molecule has 1 aliphatic rings. The van der Waals surface area contributed by atoms with Crippen molar-refractivity contribution in [3.63, 3.8) is 0 Å². The van der Waals surface area contributed by atoms with E-state index in [-0.39, 0.29) is 5.82 Å². The molecule has 1 aromatic carbocycles. The number of rotatable bonds is 4. The first-order valence-electron chi connectivity index (χ1n) is 7.73. The van der Waals surface area contributed by atoms with Crippen LogP contribution in [0.3, 0.4) is 0 Å². The Morgan fingerprint density at radius 2 is 1.87 bits per heavy atom. The molecule has 0 bridgehead atoms. The molecule has 6 heteroatoms. The van der Waals surface area contributed by atoms with Crippen molar-refractivity contribution in [1.29, 1.82) is 0 Å². The summed E-state index contributed by atoms with van der Waals surface area (Å²) in [4.78, 5) is 4.54. The lowest BCUT2D eigenvalue weighted by atomic mass is 10.2. The molecular formula is C17H20FN3OS. The molecule has 3 rings (SSSR count). The summed E-state index contributed by atoms with van der Waals surface area (Å²) in [6, 6.07) is 10.5. The summed E-state index contributed by atoms with van der Waals surface area (Å²) in [6.45, 7) is 5.14. The van der Waals surface area contributed by atoms with Crippen molar-refractivity contribution in [2.24, 2.45) is 0 Å². The third-order valence-electron chi connectivity index (χ3n) is 3.97. The van der Waals surface area contributed by atoms with Crippen LogP contribution in [0.4, 0.5) is 4.39 Å². The average Bonchev–Trinajstić information content (AvgIpc) is 3.09. The fourth-order valence-electron chi connectivity index (χ4n) is 2.64. The summed E-state index contributed by atoms with van der Waals surface area (Å²) in [5, 5.41) is 4.00. The number of nitrogens with one attached hydrogen (secondary N) is 1. The first kappa shape index (κ1) is 16.0. The molecule has 0 aliphatic carbocycles. The molecule has 0 saturated carbocycles. The molecule has 0 atom stereocenters. The van der Waals surface area contributed by atoms with Gasteiger partial charge in [0, 0.05) is 32.7 Å². The van der Waals surface area contributed by atoms with Crippen LogP contribution < -0.4 is 5.32 Å². The first-order chi connectivity index (χ1) is 11.2. The first-order valence-corrected chi connectivity index (χ1v) is 8.13. The fourth-order valence-corrected chi connectivity index (χ4v) is 2.90. The number of hydrogen-bond acceptors (Lipinski definition) is 3. The Bertz CT molecular complexity index is 622. The van der Waals surface area contributed by atoms with E-state index in [2.05, 4.69) is 15.1 Å². The molecule has 0 radical (unpaired) electrons. The van der Waals surface area contributed by atoms with Gasteiger partial charge in [0.2, 0.25) is 0 Å². The van der Waals surface area contributed by atoms with E-state index in [0.717, 1.165) is 49.2 Å². The largest absolute Gasteiger partial charge is 0.467 e. The highest BCUT2D eigenvalue weighted by Gasteiger charge is 2.18. The Morgan fingerprint density at radius 1 is 1.13 bits per heavy atom. The van der Waals surface area contributed by atoms with E-state index in [1.165, 1.54) is 12.1 Å². The van der Waals surface area contributed by atoms with Crippen LogP contribution in [0.5, 0.6) is 0 Å². The van der Waals surface area contributed by atoms with Crippen molar-refractivity contribution < 1.29 is 8.81 Å². The van der Waals surface area contributed by atoms with Crippen LogP contribution in [0.25, 0.3) is 0 Å². The van der Waals surface area contributed by atoms with Crippen LogP contribution in [0, 0.1) is 5.82 Å². The number of thiocarbonyl (C=S) groups is 1. The van der Waals surface area contributed by atoms with Crippen LogP contribution in [-0.2, 0) is 13.1 Å². The maximum absolute atomic E-state index is 12.9. The van der Waals surface area contributed by atoms with Crippen molar-refractivity contribution in [1.82, 2.24) is 15.1 Å². The van der Waals surface area contributed by atoms with Crippen LogP contribution in [-0.4, -0.2) is 41.1 Å². The summed E-state index contributed by atoms with van der Waals surface area (Å²) in [7, 11) is 0. The molecule has 0 amide bonds. The second-order valence-electron chi connectivity index (χ2n) is 5.63. The minimum atomic E-state index is -0.188.